The lowest BCUT2D eigenvalue weighted by atomic mass is 10.1. The predicted molar refractivity (Wildman–Crippen MR) is 111 cm³/mol. The number of nitrogens with two attached hydrogens (primary N) is 1. The van der Waals surface area contributed by atoms with Gasteiger partial charge in [0.2, 0.25) is 5.91 Å². The normalized spacial score (nSPS) is 11.1. The Morgan fingerprint density at radius 3 is 2.06 bits per heavy atom. The van der Waals surface area contributed by atoms with Crippen LogP contribution < -0.4 is 15.8 Å². The number of carboxylic acid groups (broad SMARTS) is 2. The standard InChI is InChI=1S/C15H13BrFN3O5S.C2HF3O2/c1-7(21)19-9-2-3-13(11(17)6-9)26(24,25)20-12-5-8(16)4-10(14(12)18)15(22)23;3-2(4,5)1(6)7/h2-6,20H,18H2,1H3,(H,19,21)(H,22,23);(H,6,7). The van der Waals surface area contributed by atoms with Crippen LogP contribution in [0.2, 0.25) is 0 Å². The van der Waals surface area contributed by atoms with E-state index in [2.05, 4.69) is 26.0 Å². The van der Waals surface area contributed by atoms with Crippen molar-refractivity contribution >= 4 is 60.9 Å². The number of aliphatic carboxylic acids is 1. The van der Waals surface area contributed by atoms with Crippen molar-refractivity contribution in [3.63, 3.8) is 0 Å². The number of rotatable bonds is 5. The molecule has 0 bridgehead atoms. The van der Waals surface area contributed by atoms with Crippen LogP contribution in [0, 0.1) is 5.82 Å². The monoisotopic (exact) mass is 559 g/mol. The summed E-state index contributed by atoms with van der Waals surface area (Å²) in [5.74, 6) is -5.65. The number of nitrogen functional groups attached to an aromatic ring is 1. The summed E-state index contributed by atoms with van der Waals surface area (Å²) in [6.45, 7) is 1.22. The number of halogens is 5. The van der Waals surface area contributed by atoms with Gasteiger partial charge in [-0.25, -0.2) is 22.4 Å². The van der Waals surface area contributed by atoms with E-state index in [-0.39, 0.29) is 27.1 Å². The first-order chi connectivity index (χ1) is 15.0. The molecule has 0 unspecified atom stereocenters. The maximum absolute atomic E-state index is 14.2. The summed E-state index contributed by atoms with van der Waals surface area (Å²) in [6, 6.07) is 5.49. The first-order valence-electron chi connectivity index (χ1n) is 8.18. The second-order valence-electron chi connectivity index (χ2n) is 5.95. The molecule has 0 aliphatic heterocycles. The molecule has 10 nitrogen and oxygen atoms in total. The minimum Gasteiger partial charge on any atom is -0.478 e. The van der Waals surface area contributed by atoms with Gasteiger partial charge >= 0.3 is 18.1 Å². The van der Waals surface area contributed by atoms with Crippen LogP contribution in [0.3, 0.4) is 0 Å². The fourth-order valence-electron chi connectivity index (χ4n) is 2.08. The van der Waals surface area contributed by atoms with Gasteiger partial charge in [-0.05, 0) is 30.3 Å². The molecule has 16 heteroatoms. The molecule has 0 radical (unpaired) electrons. The smallest absolute Gasteiger partial charge is 0.478 e. The minimum atomic E-state index is -5.08. The molecule has 2 aromatic carbocycles. The predicted octanol–water partition coefficient (Wildman–Crippen LogP) is 3.26. The molecule has 180 valence electrons. The number of aromatic carboxylic acids is 1. The van der Waals surface area contributed by atoms with Crippen LogP contribution in [0.5, 0.6) is 0 Å². The quantitative estimate of drug-likeness (QED) is 0.274. The van der Waals surface area contributed by atoms with Crippen LogP contribution in [0.1, 0.15) is 17.3 Å². The highest BCUT2D eigenvalue weighted by Gasteiger charge is 2.38. The molecule has 0 saturated carbocycles. The van der Waals surface area contributed by atoms with Gasteiger partial charge in [-0.1, -0.05) is 15.9 Å². The van der Waals surface area contributed by atoms with Gasteiger partial charge in [0.15, 0.2) is 0 Å². The highest BCUT2D eigenvalue weighted by molar-refractivity contribution is 9.10. The van der Waals surface area contributed by atoms with Crippen molar-refractivity contribution in [2.45, 2.75) is 18.0 Å². The van der Waals surface area contributed by atoms with E-state index in [0.717, 1.165) is 12.1 Å². The third-order valence-electron chi connectivity index (χ3n) is 3.40. The first kappa shape index (κ1) is 27.6. The van der Waals surface area contributed by atoms with Gasteiger partial charge in [-0.2, -0.15) is 13.2 Å². The molecule has 0 heterocycles. The summed E-state index contributed by atoms with van der Waals surface area (Å²) in [7, 11) is -4.40. The van der Waals surface area contributed by atoms with Crippen LogP contribution in [-0.2, 0) is 19.6 Å². The third kappa shape index (κ3) is 7.90. The maximum Gasteiger partial charge on any atom is 0.490 e. The Labute approximate surface area is 191 Å². The van der Waals surface area contributed by atoms with E-state index in [9.17, 15) is 35.6 Å². The van der Waals surface area contributed by atoms with Gasteiger partial charge in [-0.15, -0.1) is 0 Å². The first-order valence-corrected chi connectivity index (χ1v) is 10.5. The van der Waals surface area contributed by atoms with Crippen molar-refractivity contribution in [2.75, 3.05) is 15.8 Å². The molecule has 0 aliphatic carbocycles. The third-order valence-corrected chi connectivity index (χ3v) is 5.26. The van der Waals surface area contributed by atoms with E-state index >= 15 is 0 Å². The number of anilines is 3. The molecule has 2 rings (SSSR count). The number of sulfonamides is 1. The zero-order chi connectivity index (χ0) is 25.7. The van der Waals surface area contributed by atoms with Gasteiger partial charge in [0, 0.05) is 17.1 Å². The van der Waals surface area contributed by atoms with E-state index in [1.54, 1.807) is 0 Å². The zero-order valence-corrected chi connectivity index (χ0v) is 18.6. The van der Waals surface area contributed by atoms with E-state index in [1.807, 2.05) is 0 Å². The molecular weight excluding hydrogens is 546 g/mol. The largest absolute Gasteiger partial charge is 0.490 e. The Morgan fingerprint density at radius 2 is 1.64 bits per heavy atom. The van der Waals surface area contributed by atoms with Crippen molar-refractivity contribution in [3.05, 3.63) is 46.2 Å². The van der Waals surface area contributed by atoms with Crippen molar-refractivity contribution < 1.29 is 50.6 Å². The number of benzene rings is 2. The molecule has 2 aromatic rings. The van der Waals surface area contributed by atoms with Crippen molar-refractivity contribution in [1.82, 2.24) is 0 Å². The van der Waals surface area contributed by atoms with Gasteiger partial charge in [0.25, 0.3) is 10.0 Å². The van der Waals surface area contributed by atoms with Crippen molar-refractivity contribution in [3.8, 4) is 0 Å². The van der Waals surface area contributed by atoms with E-state index in [4.69, 9.17) is 20.7 Å². The summed E-state index contributed by atoms with van der Waals surface area (Å²) < 4.78 is 73.1. The average Bonchev–Trinajstić information content (AvgIpc) is 2.63. The Balaban J connectivity index is 0.000000675. The average molecular weight is 560 g/mol. The molecule has 0 atom stereocenters. The summed E-state index contributed by atoms with van der Waals surface area (Å²) >= 11 is 3.06. The van der Waals surface area contributed by atoms with Crippen LogP contribution in [0.15, 0.2) is 39.7 Å². The topological polar surface area (TPSA) is 176 Å². The van der Waals surface area contributed by atoms with Gasteiger partial charge in [-0.3, -0.25) is 9.52 Å². The number of carbonyl (C=O) groups is 3. The lowest BCUT2D eigenvalue weighted by Gasteiger charge is -2.14. The molecule has 1 amide bonds. The highest BCUT2D eigenvalue weighted by atomic mass is 79.9. The minimum absolute atomic E-state index is 0.0871. The fourth-order valence-corrected chi connectivity index (χ4v) is 3.67. The summed E-state index contributed by atoms with van der Waals surface area (Å²) in [4.78, 5) is 30.3. The van der Waals surface area contributed by atoms with Crippen LogP contribution in [0.4, 0.5) is 34.6 Å². The number of nitrogens with one attached hydrogen (secondary N) is 2. The Kier molecular flexibility index (Phi) is 8.77. The van der Waals surface area contributed by atoms with Crippen LogP contribution >= 0.6 is 15.9 Å². The van der Waals surface area contributed by atoms with Gasteiger partial charge < -0.3 is 21.3 Å². The number of carbonyl (C=O) groups excluding carboxylic acids is 1. The number of hydrogen-bond acceptors (Lipinski definition) is 6. The zero-order valence-electron chi connectivity index (χ0n) is 16.2. The number of hydrogen-bond donors (Lipinski definition) is 5. The molecule has 0 aromatic heterocycles. The number of carboxylic acids is 2. The summed E-state index contributed by atoms with van der Waals surface area (Å²) in [6.07, 6.45) is -5.08. The van der Waals surface area contributed by atoms with Crippen LogP contribution in [-0.4, -0.2) is 42.7 Å². The van der Waals surface area contributed by atoms with Gasteiger partial charge in [0.05, 0.1) is 16.9 Å². The van der Waals surface area contributed by atoms with E-state index < -0.39 is 44.8 Å². The molecular formula is C17H14BrF4N3O7S. The van der Waals surface area contributed by atoms with Crippen molar-refractivity contribution in [1.29, 1.82) is 0 Å². The molecule has 0 spiro atoms. The van der Waals surface area contributed by atoms with E-state index in [0.29, 0.717) is 0 Å². The van der Waals surface area contributed by atoms with Crippen LogP contribution in [0.25, 0.3) is 0 Å². The highest BCUT2D eigenvalue weighted by Crippen LogP contribution is 2.31. The Bertz CT molecular complexity index is 1200. The lowest BCUT2D eigenvalue weighted by Crippen LogP contribution is -2.21. The van der Waals surface area contributed by atoms with Crippen molar-refractivity contribution in [2.24, 2.45) is 0 Å². The Hall–Kier alpha value is -3.40. The molecule has 0 aliphatic rings. The number of alkyl halides is 3. The second-order valence-corrected chi connectivity index (χ2v) is 8.52. The number of amides is 1. The summed E-state index contributed by atoms with van der Waals surface area (Å²) in [5.41, 5.74) is 4.91. The fraction of sp³-hybridized carbons (Fsp3) is 0.118. The molecule has 6 N–H and O–H groups in total. The molecule has 33 heavy (non-hydrogen) atoms. The lowest BCUT2D eigenvalue weighted by molar-refractivity contribution is -0.192. The maximum atomic E-state index is 14.2. The summed E-state index contributed by atoms with van der Waals surface area (Å²) in [5, 5.41) is 18.6. The van der Waals surface area contributed by atoms with E-state index in [1.165, 1.54) is 25.1 Å². The Morgan fingerprint density at radius 1 is 1.09 bits per heavy atom. The van der Waals surface area contributed by atoms with Gasteiger partial charge in [0.1, 0.15) is 10.7 Å². The molecule has 0 saturated heterocycles. The second kappa shape index (κ2) is 10.5. The SMILES string of the molecule is CC(=O)Nc1ccc(S(=O)(=O)Nc2cc(Br)cc(C(=O)O)c2N)c(F)c1.O=C(O)C(F)(F)F. The molecule has 0 fully saturated rings.